The average Bonchev–Trinajstić information content (AvgIpc) is 2.86. The summed E-state index contributed by atoms with van der Waals surface area (Å²) >= 11 is 0. The molecule has 0 N–H and O–H groups in total. The zero-order chi connectivity index (χ0) is 23.4. The maximum atomic E-state index is 13.1. The first-order valence-electron chi connectivity index (χ1n) is 10.9. The van der Waals surface area contributed by atoms with Crippen LogP contribution in [-0.4, -0.2) is 63.9 Å². The number of hydrogen-bond acceptors (Lipinski definition) is 5. The SMILES string of the molecule is COc1cccc(CCC(=O)N2CCN(S(=O)(=O)c3ccc4ccccc4c3)CC2)c1OC. The number of rotatable bonds is 7. The van der Waals surface area contributed by atoms with Crippen LogP contribution >= 0.6 is 0 Å². The Balaban J connectivity index is 1.37. The molecular formula is C25H28N2O5S. The lowest BCUT2D eigenvalue weighted by molar-refractivity contribution is -0.132. The van der Waals surface area contributed by atoms with Crippen molar-refractivity contribution in [3.8, 4) is 11.5 Å². The van der Waals surface area contributed by atoms with Gasteiger partial charge in [0.15, 0.2) is 11.5 Å². The van der Waals surface area contributed by atoms with E-state index >= 15 is 0 Å². The van der Waals surface area contributed by atoms with Gasteiger partial charge in [0.25, 0.3) is 0 Å². The molecule has 0 spiro atoms. The largest absolute Gasteiger partial charge is 0.493 e. The molecule has 1 amide bonds. The third kappa shape index (κ3) is 4.82. The van der Waals surface area contributed by atoms with Crippen LogP contribution in [0.1, 0.15) is 12.0 Å². The highest BCUT2D eigenvalue weighted by atomic mass is 32.2. The highest BCUT2D eigenvalue weighted by Gasteiger charge is 2.30. The third-order valence-corrected chi connectivity index (χ3v) is 7.94. The molecule has 174 valence electrons. The highest BCUT2D eigenvalue weighted by Crippen LogP contribution is 2.31. The molecule has 0 atom stereocenters. The molecule has 7 nitrogen and oxygen atoms in total. The molecule has 4 rings (SSSR count). The number of benzene rings is 3. The van der Waals surface area contributed by atoms with Crippen molar-refractivity contribution in [3.63, 3.8) is 0 Å². The van der Waals surface area contributed by atoms with Crippen LogP contribution in [0.4, 0.5) is 0 Å². The Kier molecular flexibility index (Phi) is 6.85. The minimum Gasteiger partial charge on any atom is -0.493 e. The molecule has 33 heavy (non-hydrogen) atoms. The molecule has 1 aliphatic heterocycles. The van der Waals surface area contributed by atoms with Gasteiger partial charge < -0.3 is 14.4 Å². The van der Waals surface area contributed by atoms with E-state index in [1.165, 1.54) is 4.31 Å². The number of fused-ring (bicyclic) bond motifs is 1. The summed E-state index contributed by atoms with van der Waals surface area (Å²) in [6.07, 6.45) is 0.843. The molecule has 0 aromatic heterocycles. The summed E-state index contributed by atoms with van der Waals surface area (Å²) in [7, 11) is -0.446. The van der Waals surface area contributed by atoms with Crippen molar-refractivity contribution in [2.45, 2.75) is 17.7 Å². The van der Waals surface area contributed by atoms with Gasteiger partial charge in [0.2, 0.25) is 15.9 Å². The fourth-order valence-electron chi connectivity index (χ4n) is 4.21. The Morgan fingerprint density at radius 1 is 0.879 bits per heavy atom. The van der Waals surface area contributed by atoms with Crippen molar-refractivity contribution in [2.24, 2.45) is 0 Å². The van der Waals surface area contributed by atoms with Gasteiger partial charge in [0.05, 0.1) is 19.1 Å². The smallest absolute Gasteiger partial charge is 0.243 e. The highest BCUT2D eigenvalue weighted by molar-refractivity contribution is 7.89. The summed E-state index contributed by atoms with van der Waals surface area (Å²) in [5.74, 6) is 1.27. The summed E-state index contributed by atoms with van der Waals surface area (Å²) in [6, 6.07) is 18.5. The molecule has 0 radical (unpaired) electrons. The molecule has 1 saturated heterocycles. The lowest BCUT2D eigenvalue weighted by Gasteiger charge is -2.34. The van der Waals surface area contributed by atoms with E-state index in [4.69, 9.17) is 9.47 Å². The van der Waals surface area contributed by atoms with E-state index in [2.05, 4.69) is 0 Å². The average molecular weight is 469 g/mol. The van der Waals surface area contributed by atoms with Crippen LogP contribution < -0.4 is 9.47 Å². The molecule has 1 heterocycles. The second-order valence-corrected chi connectivity index (χ2v) is 9.88. The first kappa shape index (κ1) is 23.1. The molecule has 0 aliphatic carbocycles. The molecule has 1 aliphatic rings. The topological polar surface area (TPSA) is 76.2 Å². The van der Waals surface area contributed by atoms with E-state index in [-0.39, 0.29) is 23.9 Å². The van der Waals surface area contributed by atoms with E-state index in [9.17, 15) is 13.2 Å². The Hall–Kier alpha value is -3.10. The Labute approximate surface area is 194 Å². The maximum Gasteiger partial charge on any atom is 0.243 e. The van der Waals surface area contributed by atoms with Crippen LogP contribution in [0.3, 0.4) is 0 Å². The van der Waals surface area contributed by atoms with Gasteiger partial charge in [-0.3, -0.25) is 4.79 Å². The number of piperazine rings is 1. The maximum absolute atomic E-state index is 13.1. The molecule has 0 bridgehead atoms. The van der Waals surface area contributed by atoms with Crippen LogP contribution in [0, 0.1) is 0 Å². The number of amides is 1. The normalized spacial score (nSPS) is 14.9. The molecule has 0 saturated carbocycles. The molecule has 3 aromatic rings. The van der Waals surface area contributed by atoms with Crippen molar-refractivity contribution in [2.75, 3.05) is 40.4 Å². The third-order valence-electron chi connectivity index (χ3n) is 6.04. The number of sulfonamides is 1. The molecule has 0 unspecified atom stereocenters. The van der Waals surface area contributed by atoms with Gasteiger partial charge in [-0.1, -0.05) is 42.5 Å². The first-order valence-corrected chi connectivity index (χ1v) is 12.3. The van der Waals surface area contributed by atoms with Crippen LogP contribution in [0.2, 0.25) is 0 Å². The lowest BCUT2D eigenvalue weighted by Crippen LogP contribution is -2.50. The minimum absolute atomic E-state index is 0.00243. The second-order valence-electron chi connectivity index (χ2n) is 7.95. The molecule has 3 aromatic carbocycles. The number of ether oxygens (including phenoxy) is 2. The van der Waals surface area contributed by atoms with Gasteiger partial charge in [-0.2, -0.15) is 4.31 Å². The number of methoxy groups -OCH3 is 2. The van der Waals surface area contributed by atoms with E-state index in [1.54, 1.807) is 31.3 Å². The van der Waals surface area contributed by atoms with Crippen molar-refractivity contribution < 1.29 is 22.7 Å². The van der Waals surface area contributed by atoms with Crippen LogP contribution in [0.5, 0.6) is 11.5 Å². The van der Waals surface area contributed by atoms with Gasteiger partial charge in [-0.25, -0.2) is 8.42 Å². The summed E-state index contributed by atoms with van der Waals surface area (Å²) in [5, 5.41) is 1.89. The number of aryl methyl sites for hydroxylation is 1. The van der Waals surface area contributed by atoms with Crippen molar-refractivity contribution in [1.82, 2.24) is 9.21 Å². The van der Waals surface area contributed by atoms with Gasteiger partial charge in [-0.05, 0) is 41.0 Å². The zero-order valence-electron chi connectivity index (χ0n) is 18.9. The van der Waals surface area contributed by atoms with Crippen LogP contribution in [0.25, 0.3) is 10.8 Å². The lowest BCUT2D eigenvalue weighted by atomic mass is 10.1. The van der Waals surface area contributed by atoms with Gasteiger partial charge in [-0.15, -0.1) is 0 Å². The number of nitrogens with zero attached hydrogens (tertiary/aromatic N) is 2. The summed E-state index contributed by atoms with van der Waals surface area (Å²) in [4.78, 5) is 14.8. The molecular weight excluding hydrogens is 440 g/mol. The monoisotopic (exact) mass is 468 g/mol. The van der Waals surface area contributed by atoms with Gasteiger partial charge in [0, 0.05) is 32.6 Å². The predicted molar refractivity (Wildman–Crippen MR) is 127 cm³/mol. The number of hydrogen-bond donors (Lipinski definition) is 0. The number of carbonyl (C=O) groups excluding carboxylic acids is 1. The van der Waals surface area contributed by atoms with Crippen molar-refractivity contribution in [3.05, 3.63) is 66.2 Å². The first-order chi connectivity index (χ1) is 15.9. The van der Waals surface area contributed by atoms with E-state index in [0.29, 0.717) is 37.4 Å². The van der Waals surface area contributed by atoms with Crippen molar-refractivity contribution in [1.29, 1.82) is 0 Å². The fraction of sp³-hybridized carbons (Fsp3) is 0.320. The Bertz CT molecular complexity index is 1250. The molecule has 8 heteroatoms. The minimum atomic E-state index is -3.61. The Morgan fingerprint density at radius 3 is 2.30 bits per heavy atom. The number of carbonyl (C=O) groups is 1. The fourth-order valence-corrected chi connectivity index (χ4v) is 5.66. The van der Waals surface area contributed by atoms with E-state index in [1.807, 2.05) is 48.5 Å². The standard InChI is InChI=1S/C25H28N2O5S/c1-31-23-9-5-8-20(25(23)32-2)11-13-24(28)26-14-16-27(17-15-26)33(29,30)22-12-10-19-6-3-4-7-21(19)18-22/h3-10,12,18H,11,13-17H2,1-2H3. The zero-order valence-corrected chi connectivity index (χ0v) is 19.7. The van der Waals surface area contributed by atoms with Crippen molar-refractivity contribution >= 4 is 26.7 Å². The number of para-hydroxylation sites is 1. The predicted octanol–water partition coefficient (Wildman–Crippen LogP) is 3.32. The van der Waals surface area contributed by atoms with Gasteiger partial charge >= 0.3 is 0 Å². The Morgan fingerprint density at radius 2 is 1.61 bits per heavy atom. The second kappa shape index (κ2) is 9.80. The molecule has 1 fully saturated rings. The van der Waals surface area contributed by atoms with Gasteiger partial charge in [0.1, 0.15) is 0 Å². The van der Waals surface area contributed by atoms with Crippen LogP contribution in [-0.2, 0) is 21.2 Å². The summed E-state index contributed by atoms with van der Waals surface area (Å²) < 4.78 is 38.5. The quantitative estimate of drug-likeness (QED) is 0.532. The van der Waals surface area contributed by atoms with Crippen LogP contribution in [0.15, 0.2) is 65.6 Å². The summed E-state index contributed by atoms with van der Waals surface area (Å²) in [6.45, 7) is 1.31. The summed E-state index contributed by atoms with van der Waals surface area (Å²) in [5.41, 5.74) is 0.905. The van der Waals surface area contributed by atoms with E-state index in [0.717, 1.165) is 16.3 Å². The van der Waals surface area contributed by atoms with E-state index < -0.39 is 10.0 Å².